The van der Waals surface area contributed by atoms with Crippen molar-refractivity contribution >= 4 is 49.7 Å². The fourth-order valence-electron chi connectivity index (χ4n) is 3.77. The van der Waals surface area contributed by atoms with Crippen LogP contribution in [0, 0.1) is 0 Å². The molecule has 0 atom stereocenters. The predicted octanol–water partition coefficient (Wildman–Crippen LogP) is 6.03. The molecular weight excluding hydrogens is 322 g/mol. The lowest BCUT2D eigenvalue weighted by atomic mass is 9.93. The molecule has 0 radical (unpaired) electrons. The second kappa shape index (κ2) is 5.46. The molecule has 0 amide bonds. The predicted molar refractivity (Wildman–Crippen MR) is 107 cm³/mol. The topological polar surface area (TPSA) is 49.3 Å². The van der Waals surface area contributed by atoms with E-state index in [9.17, 15) is 9.90 Å². The summed E-state index contributed by atoms with van der Waals surface area (Å²) in [5, 5.41) is 19.9. The molecule has 124 valence electrons. The van der Waals surface area contributed by atoms with Gasteiger partial charge in [-0.05, 0) is 45.1 Å². The SMILES string of the molecule is O=C(O)c1ccccc1Nc1ccc2ccc3cccc4ccc1c2c34. The largest absolute Gasteiger partial charge is 0.478 e. The van der Waals surface area contributed by atoms with E-state index in [1.807, 2.05) is 12.1 Å². The summed E-state index contributed by atoms with van der Waals surface area (Å²) < 4.78 is 0. The molecule has 0 heterocycles. The number of hydrogen-bond acceptors (Lipinski definition) is 2. The first-order valence-corrected chi connectivity index (χ1v) is 8.48. The smallest absolute Gasteiger partial charge is 0.337 e. The fraction of sp³-hybridized carbons (Fsp3) is 0. The van der Waals surface area contributed by atoms with Gasteiger partial charge in [-0.2, -0.15) is 0 Å². The number of hydrogen-bond donors (Lipinski definition) is 2. The van der Waals surface area contributed by atoms with Crippen LogP contribution in [-0.2, 0) is 0 Å². The standard InChI is InChI=1S/C23H15NO2/c25-23(26)18-6-1-2-7-19(18)24-20-13-11-16-9-8-14-4-3-5-15-10-12-17(20)22(16)21(14)15/h1-13,24H,(H,25,26). The first-order chi connectivity index (χ1) is 12.7. The molecule has 0 unspecified atom stereocenters. The second-order valence-corrected chi connectivity index (χ2v) is 6.44. The summed E-state index contributed by atoms with van der Waals surface area (Å²) >= 11 is 0. The lowest BCUT2D eigenvalue weighted by molar-refractivity contribution is 0.0698. The molecule has 0 saturated heterocycles. The fourth-order valence-corrected chi connectivity index (χ4v) is 3.77. The minimum Gasteiger partial charge on any atom is -0.478 e. The number of carbonyl (C=O) groups is 1. The van der Waals surface area contributed by atoms with E-state index in [1.165, 1.54) is 26.9 Å². The second-order valence-electron chi connectivity index (χ2n) is 6.44. The number of carboxylic acids is 1. The summed E-state index contributed by atoms with van der Waals surface area (Å²) in [6.07, 6.45) is 0. The van der Waals surface area contributed by atoms with Crippen molar-refractivity contribution in [2.45, 2.75) is 0 Å². The molecule has 0 aromatic heterocycles. The van der Waals surface area contributed by atoms with Crippen LogP contribution in [0.25, 0.3) is 32.3 Å². The van der Waals surface area contributed by atoms with Gasteiger partial charge in [0.1, 0.15) is 0 Å². The van der Waals surface area contributed by atoms with Gasteiger partial charge in [-0.25, -0.2) is 4.79 Å². The van der Waals surface area contributed by atoms with E-state index < -0.39 is 5.97 Å². The van der Waals surface area contributed by atoms with Gasteiger partial charge in [0.05, 0.1) is 11.3 Å². The lowest BCUT2D eigenvalue weighted by Gasteiger charge is -2.16. The summed E-state index contributed by atoms with van der Waals surface area (Å²) in [5.74, 6) is -0.939. The maximum atomic E-state index is 11.5. The maximum absolute atomic E-state index is 11.5. The molecule has 0 aliphatic heterocycles. The number of aromatic carboxylic acids is 1. The molecule has 26 heavy (non-hydrogen) atoms. The Bertz CT molecular complexity index is 1270. The Morgan fingerprint density at radius 1 is 0.654 bits per heavy atom. The summed E-state index contributed by atoms with van der Waals surface area (Å²) in [6.45, 7) is 0. The summed E-state index contributed by atoms with van der Waals surface area (Å²) in [5.41, 5.74) is 1.76. The third-order valence-electron chi connectivity index (χ3n) is 4.96. The van der Waals surface area contributed by atoms with Crippen LogP contribution in [0.5, 0.6) is 0 Å². The van der Waals surface area contributed by atoms with Crippen molar-refractivity contribution in [3.05, 3.63) is 84.4 Å². The zero-order valence-corrected chi connectivity index (χ0v) is 13.9. The number of nitrogens with one attached hydrogen (secondary N) is 1. The molecular formula is C23H15NO2. The van der Waals surface area contributed by atoms with Crippen molar-refractivity contribution < 1.29 is 9.90 Å². The summed E-state index contributed by atoms with van der Waals surface area (Å²) in [4.78, 5) is 11.5. The highest BCUT2D eigenvalue weighted by Crippen LogP contribution is 2.38. The molecule has 0 bridgehead atoms. The van der Waals surface area contributed by atoms with Gasteiger partial charge in [0.2, 0.25) is 0 Å². The molecule has 0 saturated carbocycles. The molecule has 3 heteroatoms. The first kappa shape index (κ1) is 14.7. The summed E-state index contributed by atoms with van der Waals surface area (Å²) in [6, 6.07) is 25.9. The van der Waals surface area contributed by atoms with Crippen LogP contribution in [0.4, 0.5) is 11.4 Å². The van der Waals surface area contributed by atoms with Crippen LogP contribution in [0.15, 0.2) is 78.9 Å². The van der Waals surface area contributed by atoms with Crippen molar-refractivity contribution in [3.63, 3.8) is 0 Å². The molecule has 0 aliphatic rings. The molecule has 5 rings (SSSR count). The molecule has 0 spiro atoms. The average molecular weight is 337 g/mol. The number of rotatable bonds is 3. The van der Waals surface area contributed by atoms with Gasteiger partial charge < -0.3 is 10.4 Å². The van der Waals surface area contributed by atoms with Crippen LogP contribution < -0.4 is 5.32 Å². The number of carboxylic acid groups (broad SMARTS) is 1. The Morgan fingerprint density at radius 3 is 2.08 bits per heavy atom. The van der Waals surface area contributed by atoms with E-state index in [0.717, 1.165) is 11.1 Å². The zero-order chi connectivity index (χ0) is 17.7. The molecule has 5 aromatic rings. The van der Waals surface area contributed by atoms with Gasteiger partial charge in [0, 0.05) is 11.1 Å². The summed E-state index contributed by atoms with van der Waals surface area (Å²) in [7, 11) is 0. The highest BCUT2D eigenvalue weighted by Gasteiger charge is 2.13. The van der Waals surface area contributed by atoms with Crippen molar-refractivity contribution in [3.8, 4) is 0 Å². The minimum atomic E-state index is -0.939. The van der Waals surface area contributed by atoms with E-state index in [1.54, 1.807) is 18.2 Å². The highest BCUT2D eigenvalue weighted by molar-refractivity contribution is 6.25. The van der Waals surface area contributed by atoms with Gasteiger partial charge >= 0.3 is 5.97 Å². The van der Waals surface area contributed by atoms with Gasteiger partial charge in [0.25, 0.3) is 0 Å². The average Bonchev–Trinajstić information content (AvgIpc) is 2.67. The Hall–Kier alpha value is -3.59. The normalized spacial score (nSPS) is 11.4. The van der Waals surface area contributed by atoms with Crippen LogP contribution in [0.2, 0.25) is 0 Å². The highest BCUT2D eigenvalue weighted by atomic mass is 16.4. The zero-order valence-electron chi connectivity index (χ0n) is 13.9. The van der Waals surface area contributed by atoms with E-state index in [4.69, 9.17) is 0 Å². The third-order valence-corrected chi connectivity index (χ3v) is 4.96. The first-order valence-electron chi connectivity index (χ1n) is 8.48. The Labute approximate surface area is 149 Å². The monoisotopic (exact) mass is 337 g/mol. The molecule has 5 aromatic carbocycles. The number of anilines is 2. The minimum absolute atomic E-state index is 0.262. The van der Waals surface area contributed by atoms with Gasteiger partial charge in [-0.15, -0.1) is 0 Å². The molecule has 2 N–H and O–H groups in total. The van der Waals surface area contributed by atoms with E-state index >= 15 is 0 Å². The Morgan fingerprint density at radius 2 is 1.31 bits per heavy atom. The van der Waals surface area contributed by atoms with Crippen molar-refractivity contribution in [1.82, 2.24) is 0 Å². The molecule has 0 fully saturated rings. The van der Waals surface area contributed by atoms with Gasteiger partial charge in [0.15, 0.2) is 0 Å². The van der Waals surface area contributed by atoms with Crippen molar-refractivity contribution in [2.75, 3.05) is 5.32 Å². The maximum Gasteiger partial charge on any atom is 0.337 e. The van der Waals surface area contributed by atoms with Gasteiger partial charge in [-0.1, -0.05) is 60.7 Å². The van der Waals surface area contributed by atoms with Crippen molar-refractivity contribution in [1.29, 1.82) is 0 Å². The van der Waals surface area contributed by atoms with E-state index in [0.29, 0.717) is 5.69 Å². The van der Waals surface area contributed by atoms with E-state index in [2.05, 4.69) is 53.8 Å². The van der Waals surface area contributed by atoms with E-state index in [-0.39, 0.29) is 5.56 Å². The van der Waals surface area contributed by atoms with Crippen LogP contribution in [-0.4, -0.2) is 11.1 Å². The Balaban J connectivity index is 1.78. The van der Waals surface area contributed by atoms with Crippen molar-refractivity contribution in [2.24, 2.45) is 0 Å². The third kappa shape index (κ3) is 2.11. The van der Waals surface area contributed by atoms with Crippen LogP contribution >= 0.6 is 0 Å². The van der Waals surface area contributed by atoms with Gasteiger partial charge in [-0.3, -0.25) is 0 Å². The number of benzene rings is 5. The van der Waals surface area contributed by atoms with Crippen LogP contribution in [0.3, 0.4) is 0 Å². The number of para-hydroxylation sites is 1. The van der Waals surface area contributed by atoms with Crippen LogP contribution in [0.1, 0.15) is 10.4 Å². The Kier molecular flexibility index (Phi) is 3.09. The quantitative estimate of drug-likeness (QED) is 0.395. The lowest BCUT2D eigenvalue weighted by Crippen LogP contribution is -2.02. The molecule has 0 aliphatic carbocycles. The molecule has 3 nitrogen and oxygen atoms in total.